The van der Waals surface area contributed by atoms with Crippen LogP contribution in [0.15, 0.2) is 24.3 Å². The van der Waals surface area contributed by atoms with E-state index in [1.807, 2.05) is 38.2 Å². The maximum absolute atomic E-state index is 12.2. The molecule has 0 saturated carbocycles. The summed E-state index contributed by atoms with van der Waals surface area (Å²) >= 11 is 0. The van der Waals surface area contributed by atoms with Crippen molar-refractivity contribution in [3.8, 4) is 11.5 Å². The maximum Gasteiger partial charge on any atom is 0.246 e. The Labute approximate surface area is 131 Å². The van der Waals surface area contributed by atoms with Crippen molar-refractivity contribution in [1.29, 1.82) is 0 Å². The molecule has 0 aromatic heterocycles. The fraction of sp³-hybridized carbons (Fsp3) is 0.471. The highest BCUT2D eigenvalue weighted by molar-refractivity contribution is 5.92. The van der Waals surface area contributed by atoms with Gasteiger partial charge in [-0.15, -0.1) is 0 Å². The second kappa shape index (κ2) is 7.84. The quantitative estimate of drug-likeness (QED) is 0.816. The molecule has 1 N–H and O–H groups in total. The van der Waals surface area contributed by atoms with E-state index in [2.05, 4.69) is 5.32 Å². The highest BCUT2D eigenvalue weighted by atomic mass is 16.5. The molecule has 1 aromatic carbocycles. The van der Waals surface area contributed by atoms with E-state index in [9.17, 15) is 4.79 Å². The lowest BCUT2D eigenvalue weighted by atomic mass is 10.1. The molecule has 0 bridgehead atoms. The Hall–Kier alpha value is -2.01. The van der Waals surface area contributed by atoms with E-state index >= 15 is 0 Å². The molecule has 1 atom stereocenters. The van der Waals surface area contributed by atoms with Gasteiger partial charge in [0.1, 0.15) is 0 Å². The number of carbonyl (C=O) groups excluding carboxylic acids is 1. The molecule has 1 aliphatic rings. The molecule has 1 saturated heterocycles. The van der Waals surface area contributed by atoms with Crippen molar-refractivity contribution in [1.82, 2.24) is 10.2 Å². The topological polar surface area (TPSA) is 50.8 Å². The van der Waals surface area contributed by atoms with Crippen LogP contribution in [0.25, 0.3) is 6.08 Å². The van der Waals surface area contributed by atoms with E-state index in [1.54, 1.807) is 18.1 Å². The van der Waals surface area contributed by atoms with Crippen molar-refractivity contribution in [3.05, 3.63) is 29.8 Å². The van der Waals surface area contributed by atoms with E-state index in [4.69, 9.17) is 9.47 Å². The summed E-state index contributed by atoms with van der Waals surface area (Å²) in [6, 6.07) is 5.91. The summed E-state index contributed by atoms with van der Waals surface area (Å²) < 4.78 is 10.8. The van der Waals surface area contributed by atoms with Gasteiger partial charge in [0.25, 0.3) is 0 Å². The molecule has 2 rings (SSSR count). The van der Waals surface area contributed by atoms with Crippen molar-refractivity contribution in [2.45, 2.75) is 19.4 Å². The van der Waals surface area contributed by atoms with Crippen LogP contribution >= 0.6 is 0 Å². The van der Waals surface area contributed by atoms with Crippen molar-refractivity contribution in [3.63, 3.8) is 0 Å². The van der Waals surface area contributed by atoms with Gasteiger partial charge in [-0.2, -0.15) is 0 Å². The Bertz CT molecular complexity index is 537. The van der Waals surface area contributed by atoms with Gasteiger partial charge in [-0.25, -0.2) is 0 Å². The SMILES string of the molecule is CCOc1cc(/C=C/C(=O)N(C)C2CCNC2)ccc1OC. The van der Waals surface area contributed by atoms with Crippen LogP contribution in [0.3, 0.4) is 0 Å². The molecule has 0 aliphatic carbocycles. The number of nitrogens with one attached hydrogen (secondary N) is 1. The van der Waals surface area contributed by atoms with Gasteiger partial charge >= 0.3 is 0 Å². The summed E-state index contributed by atoms with van der Waals surface area (Å²) in [5, 5.41) is 3.27. The number of amides is 1. The Morgan fingerprint density at radius 3 is 2.91 bits per heavy atom. The molecule has 1 amide bonds. The van der Waals surface area contributed by atoms with Gasteiger partial charge in [0, 0.05) is 25.7 Å². The molecule has 1 aromatic rings. The minimum absolute atomic E-state index is 0.0162. The van der Waals surface area contributed by atoms with Crippen LogP contribution in [-0.4, -0.2) is 50.7 Å². The number of likely N-dealkylation sites (N-methyl/N-ethyl adjacent to an activating group) is 1. The van der Waals surface area contributed by atoms with E-state index in [0.29, 0.717) is 18.1 Å². The third-order valence-corrected chi connectivity index (χ3v) is 3.84. The van der Waals surface area contributed by atoms with Crippen LogP contribution in [-0.2, 0) is 4.79 Å². The molecule has 0 radical (unpaired) electrons. The summed E-state index contributed by atoms with van der Waals surface area (Å²) in [7, 11) is 3.46. The van der Waals surface area contributed by atoms with Gasteiger partial charge in [0.2, 0.25) is 5.91 Å². The summed E-state index contributed by atoms with van der Waals surface area (Å²) in [4.78, 5) is 14.0. The first-order valence-corrected chi connectivity index (χ1v) is 7.62. The Balaban J connectivity index is 2.05. The van der Waals surface area contributed by atoms with Crippen LogP contribution in [0.4, 0.5) is 0 Å². The van der Waals surface area contributed by atoms with Gasteiger partial charge in [-0.05, 0) is 43.7 Å². The van der Waals surface area contributed by atoms with Crippen molar-refractivity contribution >= 4 is 12.0 Å². The number of ether oxygens (including phenoxy) is 2. The van der Waals surface area contributed by atoms with Gasteiger partial charge in [0.15, 0.2) is 11.5 Å². The van der Waals surface area contributed by atoms with Crippen molar-refractivity contribution in [2.75, 3.05) is 33.9 Å². The third kappa shape index (κ3) is 4.01. The monoisotopic (exact) mass is 304 g/mol. The second-order valence-corrected chi connectivity index (χ2v) is 5.27. The Morgan fingerprint density at radius 1 is 1.45 bits per heavy atom. The van der Waals surface area contributed by atoms with E-state index in [0.717, 1.165) is 25.1 Å². The zero-order valence-corrected chi connectivity index (χ0v) is 13.5. The fourth-order valence-electron chi connectivity index (χ4n) is 2.50. The summed E-state index contributed by atoms with van der Waals surface area (Å²) in [5.41, 5.74) is 0.913. The third-order valence-electron chi connectivity index (χ3n) is 3.84. The minimum Gasteiger partial charge on any atom is -0.493 e. The zero-order chi connectivity index (χ0) is 15.9. The fourth-order valence-corrected chi connectivity index (χ4v) is 2.50. The molecule has 0 spiro atoms. The first-order chi connectivity index (χ1) is 10.7. The normalized spacial score (nSPS) is 17.7. The first-order valence-electron chi connectivity index (χ1n) is 7.62. The van der Waals surface area contributed by atoms with E-state index < -0.39 is 0 Å². The predicted molar refractivity (Wildman–Crippen MR) is 87.2 cm³/mol. The summed E-state index contributed by atoms with van der Waals surface area (Å²) in [6.45, 7) is 4.34. The van der Waals surface area contributed by atoms with Gasteiger partial charge in [0.05, 0.1) is 13.7 Å². The first kappa shape index (κ1) is 16.4. The summed E-state index contributed by atoms with van der Waals surface area (Å²) in [6.07, 6.45) is 4.42. The average Bonchev–Trinajstić information content (AvgIpc) is 3.06. The van der Waals surface area contributed by atoms with E-state index in [-0.39, 0.29) is 11.9 Å². The number of nitrogens with zero attached hydrogens (tertiary/aromatic N) is 1. The molecule has 1 heterocycles. The lowest BCUT2D eigenvalue weighted by Gasteiger charge is -2.22. The molecular weight excluding hydrogens is 280 g/mol. The molecule has 120 valence electrons. The smallest absolute Gasteiger partial charge is 0.246 e. The van der Waals surface area contributed by atoms with Gasteiger partial charge < -0.3 is 19.7 Å². The Kier molecular flexibility index (Phi) is 5.83. The average molecular weight is 304 g/mol. The van der Waals surface area contributed by atoms with Crippen molar-refractivity contribution in [2.24, 2.45) is 0 Å². The summed E-state index contributed by atoms with van der Waals surface area (Å²) in [5.74, 6) is 1.40. The molecule has 1 aliphatic heterocycles. The molecular formula is C17H24N2O3. The number of benzene rings is 1. The van der Waals surface area contributed by atoms with Gasteiger partial charge in [-0.1, -0.05) is 6.07 Å². The molecule has 5 nitrogen and oxygen atoms in total. The number of hydrogen-bond acceptors (Lipinski definition) is 4. The van der Waals surface area contributed by atoms with Crippen LogP contribution < -0.4 is 14.8 Å². The largest absolute Gasteiger partial charge is 0.493 e. The molecule has 22 heavy (non-hydrogen) atoms. The highest BCUT2D eigenvalue weighted by Gasteiger charge is 2.21. The van der Waals surface area contributed by atoms with Crippen LogP contribution in [0.2, 0.25) is 0 Å². The van der Waals surface area contributed by atoms with Gasteiger partial charge in [-0.3, -0.25) is 4.79 Å². The standard InChI is InChI=1S/C17H24N2O3/c1-4-22-16-11-13(5-7-15(16)21-3)6-8-17(20)19(2)14-9-10-18-12-14/h5-8,11,14,18H,4,9-10,12H2,1-3H3/b8-6+. The zero-order valence-electron chi connectivity index (χ0n) is 13.5. The predicted octanol–water partition coefficient (Wildman–Crippen LogP) is 1.93. The number of methoxy groups -OCH3 is 1. The van der Waals surface area contributed by atoms with Crippen LogP contribution in [0, 0.1) is 0 Å². The van der Waals surface area contributed by atoms with Crippen molar-refractivity contribution < 1.29 is 14.3 Å². The maximum atomic E-state index is 12.2. The van der Waals surface area contributed by atoms with Crippen LogP contribution in [0.5, 0.6) is 11.5 Å². The molecule has 5 heteroatoms. The lowest BCUT2D eigenvalue weighted by Crippen LogP contribution is -2.37. The molecule has 1 unspecified atom stereocenters. The lowest BCUT2D eigenvalue weighted by molar-refractivity contribution is -0.126. The number of hydrogen-bond donors (Lipinski definition) is 1. The minimum atomic E-state index is 0.0162. The molecule has 1 fully saturated rings. The number of rotatable bonds is 6. The second-order valence-electron chi connectivity index (χ2n) is 5.27. The van der Waals surface area contributed by atoms with E-state index in [1.165, 1.54) is 0 Å². The number of carbonyl (C=O) groups is 1. The highest BCUT2D eigenvalue weighted by Crippen LogP contribution is 2.28. The van der Waals surface area contributed by atoms with Crippen LogP contribution in [0.1, 0.15) is 18.9 Å². The Morgan fingerprint density at radius 2 is 2.27 bits per heavy atom.